The van der Waals surface area contributed by atoms with Crippen molar-refractivity contribution >= 4 is 17.7 Å². The summed E-state index contributed by atoms with van der Waals surface area (Å²) in [5.41, 5.74) is 2.07. The number of aryl methyl sites for hydroxylation is 1. The van der Waals surface area contributed by atoms with Crippen LogP contribution in [0.3, 0.4) is 0 Å². The zero-order chi connectivity index (χ0) is 16.2. The molecule has 1 fully saturated rings. The Balaban J connectivity index is 1.59. The number of carbonyl (C=O) groups is 1. The standard InChI is InChI=1S/C17H21N3O2S/c1-11-7-9-13(10-8-11)16-19-20-17(22-16)23-12(2)15(21)18-14-5-3-4-6-14/h7-10,12,14H,3-6H2,1-2H3,(H,18,21)/t12-/m0/s1. The maximum atomic E-state index is 12.2. The van der Waals surface area contributed by atoms with Crippen molar-refractivity contribution in [2.75, 3.05) is 0 Å². The zero-order valence-electron chi connectivity index (χ0n) is 13.4. The molecule has 1 aromatic heterocycles. The van der Waals surface area contributed by atoms with E-state index in [2.05, 4.69) is 15.5 Å². The molecule has 1 N–H and O–H groups in total. The number of aromatic nitrogens is 2. The Kier molecular flexibility index (Phi) is 5.00. The van der Waals surface area contributed by atoms with Crippen molar-refractivity contribution in [1.82, 2.24) is 15.5 Å². The molecule has 122 valence electrons. The van der Waals surface area contributed by atoms with Crippen LogP contribution >= 0.6 is 11.8 Å². The second-order valence-corrected chi connectivity index (χ2v) is 7.28. The van der Waals surface area contributed by atoms with Gasteiger partial charge in [0.05, 0.1) is 5.25 Å². The Morgan fingerprint density at radius 3 is 2.65 bits per heavy atom. The van der Waals surface area contributed by atoms with E-state index in [9.17, 15) is 4.79 Å². The first-order chi connectivity index (χ1) is 11.1. The molecule has 1 amide bonds. The van der Waals surface area contributed by atoms with Gasteiger partial charge in [-0.1, -0.05) is 42.3 Å². The molecule has 2 aromatic rings. The highest BCUT2D eigenvalue weighted by atomic mass is 32.2. The Morgan fingerprint density at radius 2 is 1.96 bits per heavy atom. The highest BCUT2D eigenvalue weighted by Crippen LogP contribution is 2.27. The molecular weight excluding hydrogens is 310 g/mol. The number of nitrogens with zero attached hydrogens (tertiary/aromatic N) is 2. The Hall–Kier alpha value is -1.82. The molecule has 1 aliphatic carbocycles. The predicted octanol–water partition coefficient (Wildman–Crippen LogP) is 3.58. The lowest BCUT2D eigenvalue weighted by Crippen LogP contribution is -2.37. The highest BCUT2D eigenvalue weighted by molar-refractivity contribution is 8.00. The largest absolute Gasteiger partial charge is 0.411 e. The van der Waals surface area contributed by atoms with Crippen LogP contribution in [0.2, 0.25) is 0 Å². The van der Waals surface area contributed by atoms with Crippen LogP contribution in [0.15, 0.2) is 33.9 Å². The van der Waals surface area contributed by atoms with E-state index in [1.54, 1.807) is 0 Å². The molecule has 6 heteroatoms. The van der Waals surface area contributed by atoms with Crippen LogP contribution in [-0.4, -0.2) is 27.4 Å². The van der Waals surface area contributed by atoms with Crippen molar-refractivity contribution in [3.63, 3.8) is 0 Å². The fourth-order valence-corrected chi connectivity index (χ4v) is 3.36. The molecule has 23 heavy (non-hydrogen) atoms. The molecule has 1 atom stereocenters. The first-order valence-electron chi connectivity index (χ1n) is 7.99. The first-order valence-corrected chi connectivity index (χ1v) is 8.87. The van der Waals surface area contributed by atoms with Gasteiger partial charge in [-0.2, -0.15) is 0 Å². The number of hydrogen-bond acceptors (Lipinski definition) is 5. The fraction of sp³-hybridized carbons (Fsp3) is 0.471. The number of hydrogen-bond donors (Lipinski definition) is 1. The third kappa shape index (κ3) is 4.13. The number of benzene rings is 1. The number of rotatable bonds is 5. The molecule has 5 nitrogen and oxygen atoms in total. The minimum atomic E-state index is -0.248. The number of thioether (sulfide) groups is 1. The predicted molar refractivity (Wildman–Crippen MR) is 90.2 cm³/mol. The van der Waals surface area contributed by atoms with Gasteiger partial charge in [0, 0.05) is 11.6 Å². The number of amides is 1. The summed E-state index contributed by atoms with van der Waals surface area (Å²) in [5.74, 6) is 0.521. The van der Waals surface area contributed by atoms with Gasteiger partial charge in [-0.3, -0.25) is 4.79 Å². The van der Waals surface area contributed by atoms with Crippen molar-refractivity contribution < 1.29 is 9.21 Å². The molecule has 0 saturated heterocycles. The third-order valence-corrected chi connectivity index (χ3v) is 4.99. The zero-order valence-corrected chi connectivity index (χ0v) is 14.2. The molecule has 1 aliphatic rings. The van der Waals surface area contributed by atoms with Crippen molar-refractivity contribution in [3.05, 3.63) is 29.8 Å². The van der Waals surface area contributed by atoms with E-state index in [0.717, 1.165) is 18.4 Å². The van der Waals surface area contributed by atoms with Crippen molar-refractivity contribution in [2.24, 2.45) is 0 Å². The fourth-order valence-electron chi connectivity index (χ4n) is 2.66. The van der Waals surface area contributed by atoms with Crippen molar-refractivity contribution in [3.8, 4) is 11.5 Å². The molecule has 0 aliphatic heterocycles. The molecule has 3 rings (SSSR count). The summed E-state index contributed by atoms with van der Waals surface area (Å²) >= 11 is 1.30. The maximum Gasteiger partial charge on any atom is 0.277 e. The van der Waals surface area contributed by atoms with Crippen LogP contribution < -0.4 is 5.32 Å². The third-order valence-electron chi connectivity index (χ3n) is 4.05. The molecule has 0 radical (unpaired) electrons. The van der Waals surface area contributed by atoms with E-state index in [1.807, 2.05) is 38.1 Å². The molecule has 1 saturated carbocycles. The van der Waals surface area contributed by atoms with Crippen LogP contribution in [0.25, 0.3) is 11.5 Å². The summed E-state index contributed by atoms with van der Waals surface area (Å²) in [7, 11) is 0. The summed E-state index contributed by atoms with van der Waals surface area (Å²) in [5, 5.41) is 11.4. The van der Waals surface area contributed by atoms with Crippen LogP contribution in [0.5, 0.6) is 0 Å². The second kappa shape index (κ2) is 7.17. The molecule has 1 aromatic carbocycles. The van der Waals surface area contributed by atoms with Gasteiger partial charge in [0.15, 0.2) is 0 Å². The first kappa shape index (κ1) is 16.1. The van der Waals surface area contributed by atoms with Crippen molar-refractivity contribution in [2.45, 2.75) is 56.0 Å². The lowest BCUT2D eigenvalue weighted by molar-refractivity contribution is -0.120. The van der Waals surface area contributed by atoms with Crippen LogP contribution in [-0.2, 0) is 4.79 Å². The summed E-state index contributed by atoms with van der Waals surface area (Å²) in [6.45, 7) is 3.90. The molecular formula is C17H21N3O2S. The second-order valence-electron chi connectivity index (χ2n) is 5.99. The Morgan fingerprint density at radius 1 is 1.26 bits per heavy atom. The lowest BCUT2D eigenvalue weighted by atomic mass is 10.1. The topological polar surface area (TPSA) is 68.0 Å². The quantitative estimate of drug-likeness (QED) is 0.848. The van der Waals surface area contributed by atoms with Crippen LogP contribution in [0.4, 0.5) is 0 Å². The highest BCUT2D eigenvalue weighted by Gasteiger charge is 2.23. The van der Waals surface area contributed by atoms with E-state index in [1.165, 1.54) is 30.2 Å². The van der Waals surface area contributed by atoms with Gasteiger partial charge in [-0.05, 0) is 38.8 Å². The summed E-state index contributed by atoms with van der Waals surface area (Å²) < 4.78 is 5.66. The summed E-state index contributed by atoms with van der Waals surface area (Å²) in [6.07, 6.45) is 4.58. The molecule has 0 spiro atoms. The monoisotopic (exact) mass is 331 g/mol. The lowest BCUT2D eigenvalue weighted by Gasteiger charge is -2.14. The maximum absolute atomic E-state index is 12.2. The van der Waals surface area contributed by atoms with E-state index in [4.69, 9.17) is 4.42 Å². The van der Waals surface area contributed by atoms with E-state index >= 15 is 0 Å². The van der Waals surface area contributed by atoms with Gasteiger partial charge >= 0.3 is 0 Å². The minimum Gasteiger partial charge on any atom is -0.411 e. The number of carbonyl (C=O) groups excluding carboxylic acids is 1. The van der Waals surface area contributed by atoms with Gasteiger partial charge in [0.25, 0.3) is 5.22 Å². The Labute approximate surface area is 140 Å². The minimum absolute atomic E-state index is 0.0389. The van der Waals surface area contributed by atoms with E-state index in [0.29, 0.717) is 17.2 Å². The number of nitrogens with one attached hydrogen (secondary N) is 1. The molecule has 0 unspecified atom stereocenters. The smallest absolute Gasteiger partial charge is 0.277 e. The SMILES string of the molecule is Cc1ccc(-c2nnc(S[C@@H](C)C(=O)NC3CCCC3)o2)cc1. The normalized spacial score (nSPS) is 16.4. The van der Waals surface area contributed by atoms with Crippen LogP contribution in [0.1, 0.15) is 38.2 Å². The van der Waals surface area contributed by atoms with Gasteiger partial charge in [-0.15, -0.1) is 10.2 Å². The van der Waals surface area contributed by atoms with Gasteiger partial charge in [0.1, 0.15) is 0 Å². The summed E-state index contributed by atoms with van der Waals surface area (Å²) in [6, 6.07) is 8.24. The van der Waals surface area contributed by atoms with E-state index < -0.39 is 0 Å². The van der Waals surface area contributed by atoms with Crippen molar-refractivity contribution in [1.29, 1.82) is 0 Å². The van der Waals surface area contributed by atoms with Gasteiger partial charge in [0.2, 0.25) is 11.8 Å². The average molecular weight is 331 g/mol. The Bertz CT molecular complexity index is 663. The van der Waals surface area contributed by atoms with Gasteiger partial charge < -0.3 is 9.73 Å². The summed E-state index contributed by atoms with van der Waals surface area (Å²) in [4.78, 5) is 12.2. The molecule has 1 heterocycles. The molecule has 0 bridgehead atoms. The van der Waals surface area contributed by atoms with E-state index in [-0.39, 0.29) is 11.2 Å². The van der Waals surface area contributed by atoms with Gasteiger partial charge in [-0.25, -0.2) is 0 Å². The van der Waals surface area contributed by atoms with Crippen LogP contribution in [0, 0.1) is 6.92 Å². The average Bonchev–Trinajstić information content (AvgIpc) is 3.20.